The second-order valence-electron chi connectivity index (χ2n) is 6.86. The molecule has 1 atom stereocenters. The fourth-order valence-corrected chi connectivity index (χ4v) is 3.43. The van der Waals surface area contributed by atoms with Crippen LogP contribution in [0.2, 0.25) is 5.02 Å². The molecular formula is C22H25ClN2O5. The van der Waals surface area contributed by atoms with Crippen molar-refractivity contribution in [1.29, 1.82) is 0 Å². The minimum absolute atomic E-state index is 0.0508. The first-order valence-corrected chi connectivity index (χ1v) is 10.2. The topological polar surface area (TPSA) is 82.7 Å². The van der Waals surface area contributed by atoms with Gasteiger partial charge in [0.1, 0.15) is 0 Å². The second-order valence-corrected chi connectivity index (χ2v) is 7.29. The summed E-state index contributed by atoms with van der Waals surface area (Å²) in [4.78, 5) is 24.9. The molecule has 2 aromatic carbocycles. The molecule has 0 saturated heterocycles. The van der Waals surface area contributed by atoms with Crippen LogP contribution in [0.1, 0.15) is 29.8 Å². The van der Waals surface area contributed by atoms with Gasteiger partial charge in [-0.3, -0.25) is 9.13 Å². The lowest BCUT2D eigenvalue weighted by atomic mass is 10.2. The Morgan fingerprint density at radius 2 is 1.83 bits per heavy atom. The van der Waals surface area contributed by atoms with Gasteiger partial charge in [0, 0.05) is 11.6 Å². The molecule has 1 aromatic heterocycles. The van der Waals surface area contributed by atoms with Crippen molar-refractivity contribution in [3.8, 4) is 0 Å². The highest BCUT2D eigenvalue weighted by atomic mass is 35.5. The van der Waals surface area contributed by atoms with E-state index in [4.69, 9.17) is 21.1 Å². The summed E-state index contributed by atoms with van der Waals surface area (Å²) >= 11 is 5.87. The predicted molar refractivity (Wildman–Crippen MR) is 115 cm³/mol. The van der Waals surface area contributed by atoms with E-state index in [9.17, 15) is 14.7 Å². The normalized spacial score (nSPS) is 12.3. The zero-order valence-electron chi connectivity index (χ0n) is 17.0. The average Bonchev–Trinajstić information content (AvgIpc) is 3.00. The van der Waals surface area contributed by atoms with Crippen LogP contribution in [0.15, 0.2) is 47.3 Å². The Morgan fingerprint density at radius 3 is 2.50 bits per heavy atom. The summed E-state index contributed by atoms with van der Waals surface area (Å²) in [6.45, 7) is 4.79. The largest absolute Gasteiger partial charge is 0.462 e. The number of ether oxygens (including phenoxy) is 2. The van der Waals surface area contributed by atoms with E-state index in [0.29, 0.717) is 34.8 Å². The molecule has 1 heterocycles. The van der Waals surface area contributed by atoms with Gasteiger partial charge in [0.05, 0.1) is 49.1 Å². The lowest BCUT2D eigenvalue weighted by Crippen LogP contribution is -2.30. The van der Waals surface area contributed by atoms with Crippen LogP contribution in [0.3, 0.4) is 0 Å². The maximum Gasteiger partial charge on any atom is 0.338 e. The van der Waals surface area contributed by atoms with Crippen LogP contribution in [-0.2, 0) is 29.2 Å². The van der Waals surface area contributed by atoms with E-state index in [1.807, 2.05) is 19.1 Å². The minimum Gasteiger partial charge on any atom is -0.462 e. The molecular weight excluding hydrogens is 408 g/mol. The van der Waals surface area contributed by atoms with Gasteiger partial charge >= 0.3 is 11.7 Å². The molecule has 7 nitrogen and oxygen atoms in total. The summed E-state index contributed by atoms with van der Waals surface area (Å²) in [6.07, 6.45) is -0.892. The molecule has 160 valence electrons. The van der Waals surface area contributed by atoms with Gasteiger partial charge in [-0.05, 0) is 49.7 Å². The van der Waals surface area contributed by atoms with Crippen LogP contribution in [0.5, 0.6) is 0 Å². The van der Waals surface area contributed by atoms with Gasteiger partial charge in [-0.25, -0.2) is 9.59 Å². The highest BCUT2D eigenvalue weighted by molar-refractivity contribution is 6.30. The van der Waals surface area contributed by atoms with Crippen molar-refractivity contribution in [2.75, 3.05) is 13.2 Å². The Balaban J connectivity index is 1.77. The number of nitrogens with zero attached hydrogens (tertiary/aromatic N) is 2. The van der Waals surface area contributed by atoms with Crippen LogP contribution < -0.4 is 5.69 Å². The molecule has 1 unspecified atom stereocenters. The number of halogens is 1. The van der Waals surface area contributed by atoms with Crippen molar-refractivity contribution in [1.82, 2.24) is 9.13 Å². The van der Waals surface area contributed by atoms with Crippen molar-refractivity contribution in [2.24, 2.45) is 0 Å². The van der Waals surface area contributed by atoms with Crippen LogP contribution in [0, 0.1) is 0 Å². The predicted octanol–water partition coefficient (Wildman–Crippen LogP) is 3.23. The quantitative estimate of drug-likeness (QED) is 0.525. The third kappa shape index (κ3) is 4.92. The molecule has 0 saturated carbocycles. The molecule has 0 radical (unpaired) electrons. The first kappa shape index (κ1) is 22.1. The van der Waals surface area contributed by atoms with E-state index in [1.165, 1.54) is 4.57 Å². The summed E-state index contributed by atoms with van der Waals surface area (Å²) in [5, 5.41) is 11.1. The summed E-state index contributed by atoms with van der Waals surface area (Å²) in [7, 11) is 0. The molecule has 0 fully saturated rings. The smallest absolute Gasteiger partial charge is 0.338 e. The molecule has 0 amide bonds. The number of aliphatic hydroxyl groups excluding tert-OH is 1. The Kier molecular flexibility index (Phi) is 7.31. The fraction of sp³-hybridized carbons (Fsp3) is 0.364. The number of carbonyl (C=O) groups excluding carboxylic acids is 1. The van der Waals surface area contributed by atoms with Crippen molar-refractivity contribution in [2.45, 2.75) is 39.6 Å². The summed E-state index contributed by atoms with van der Waals surface area (Å²) < 4.78 is 13.7. The molecule has 0 aliphatic rings. The molecule has 8 heteroatoms. The fourth-order valence-electron chi connectivity index (χ4n) is 3.30. The number of hydrogen-bond donors (Lipinski definition) is 1. The SMILES string of the molecule is CCOC(=O)c1ccc2c(c1)n(CC(O)COCc1ccc(Cl)cc1)c(=O)n2CC. The van der Waals surface area contributed by atoms with E-state index in [0.717, 1.165) is 5.56 Å². The van der Waals surface area contributed by atoms with Gasteiger partial charge in [0.15, 0.2) is 0 Å². The van der Waals surface area contributed by atoms with E-state index >= 15 is 0 Å². The number of carbonyl (C=O) groups is 1. The third-order valence-corrected chi connectivity index (χ3v) is 4.98. The van der Waals surface area contributed by atoms with Crippen LogP contribution in [0.25, 0.3) is 11.0 Å². The first-order valence-electron chi connectivity index (χ1n) is 9.85. The van der Waals surface area contributed by atoms with Crippen molar-refractivity contribution in [3.05, 3.63) is 69.1 Å². The molecule has 30 heavy (non-hydrogen) atoms. The van der Waals surface area contributed by atoms with E-state index < -0.39 is 12.1 Å². The Labute approximate surface area is 179 Å². The number of fused-ring (bicyclic) bond motifs is 1. The van der Waals surface area contributed by atoms with Gasteiger partial charge in [0.25, 0.3) is 0 Å². The first-order chi connectivity index (χ1) is 14.4. The molecule has 3 rings (SSSR count). The van der Waals surface area contributed by atoms with Gasteiger partial charge < -0.3 is 14.6 Å². The molecule has 1 N–H and O–H groups in total. The summed E-state index contributed by atoms with van der Waals surface area (Å²) in [6, 6.07) is 12.3. The average molecular weight is 433 g/mol. The maximum atomic E-state index is 12.8. The zero-order chi connectivity index (χ0) is 21.7. The number of hydrogen-bond acceptors (Lipinski definition) is 5. The molecule has 0 aliphatic carbocycles. The number of imidazole rings is 1. The van der Waals surface area contributed by atoms with Crippen molar-refractivity contribution in [3.63, 3.8) is 0 Å². The van der Waals surface area contributed by atoms with E-state index in [-0.39, 0.29) is 25.4 Å². The number of esters is 1. The molecule has 3 aromatic rings. The summed E-state index contributed by atoms with van der Waals surface area (Å²) in [5.41, 5.74) is 2.32. The molecule has 0 aliphatic heterocycles. The lowest BCUT2D eigenvalue weighted by molar-refractivity contribution is 0.0204. The standard InChI is InChI=1S/C22H25ClN2O5/c1-3-24-19-10-7-16(21(27)30-4-2)11-20(19)25(22(24)28)12-18(26)14-29-13-15-5-8-17(23)9-6-15/h5-11,18,26H,3-4,12-14H2,1-2H3. The summed E-state index contributed by atoms with van der Waals surface area (Å²) in [5.74, 6) is -0.450. The molecule has 0 bridgehead atoms. The van der Waals surface area contributed by atoms with E-state index in [2.05, 4.69) is 0 Å². The number of rotatable bonds is 9. The van der Waals surface area contributed by atoms with Gasteiger partial charge in [-0.1, -0.05) is 23.7 Å². The van der Waals surface area contributed by atoms with Crippen molar-refractivity contribution < 1.29 is 19.4 Å². The number of aryl methyl sites for hydroxylation is 1. The van der Waals surface area contributed by atoms with Gasteiger partial charge in [-0.15, -0.1) is 0 Å². The highest BCUT2D eigenvalue weighted by Crippen LogP contribution is 2.17. The number of aliphatic hydroxyl groups is 1. The van der Waals surface area contributed by atoms with E-state index in [1.54, 1.807) is 41.8 Å². The Hall–Kier alpha value is -2.61. The maximum absolute atomic E-state index is 12.8. The van der Waals surface area contributed by atoms with Crippen LogP contribution in [-0.4, -0.2) is 39.5 Å². The Morgan fingerprint density at radius 1 is 1.10 bits per heavy atom. The third-order valence-electron chi connectivity index (χ3n) is 4.73. The monoisotopic (exact) mass is 432 g/mol. The number of benzene rings is 2. The lowest BCUT2D eigenvalue weighted by Gasteiger charge is -2.12. The van der Waals surface area contributed by atoms with Gasteiger partial charge in [0.2, 0.25) is 0 Å². The van der Waals surface area contributed by atoms with Crippen LogP contribution in [0.4, 0.5) is 0 Å². The minimum atomic E-state index is -0.892. The zero-order valence-corrected chi connectivity index (χ0v) is 17.8. The van der Waals surface area contributed by atoms with Crippen LogP contribution >= 0.6 is 11.6 Å². The Bertz CT molecular complexity index is 1070. The van der Waals surface area contributed by atoms with Crippen molar-refractivity contribution >= 4 is 28.6 Å². The second kappa shape index (κ2) is 9.93. The van der Waals surface area contributed by atoms with Gasteiger partial charge in [-0.2, -0.15) is 0 Å². The molecule has 0 spiro atoms. The highest BCUT2D eigenvalue weighted by Gasteiger charge is 2.18. The number of aromatic nitrogens is 2.